The lowest BCUT2D eigenvalue weighted by Gasteiger charge is -2.38. The normalized spacial score (nSPS) is 28.1. The van der Waals surface area contributed by atoms with Crippen LogP contribution in [-0.4, -0.2) is 49.4 Å². The van der Waals surface area contributed by atoms with E-state index in [1.165, 1.54) is 0 Å². The van der Waals surface area contributed by atoms with Crippen molar-refractivity contribution in [1.29, 1.82) is 0 Å². The topological polar surface area (TPSA) is 58.9 Å². The first-order valence-corrected chi connectivity index (χ1v) is 5.17. The standard InChI is InChI=1S/C6H12O2.C4H8O2/c1-2-6(3-7)4-8-5-6;5-3-4-1-2-6-4/h7H,2-5H2,1H3;4-5H,1-3H2. The Morgan fingerprint density at radius 1 is 1.36 bits per heavy atom. The predicted octanol–water partition coefficient (Wildman–Crippen LogP) is 0.173. The fourth-order valence-electron chi connectivity index (χ4n) is 1.23. The zero-order valence-corrected chi connectivity index (χ0v) is 8.74. The lowest BCUT2D eigenvalue weighted by molar-refractivity contribution is -0.138. The first kappa shape index (κ1) is 11.9. The second-order valence-electron chi connectivity index (χ2n) is 3.97. The van der Waals surface area contributed by atoms with Gasteiger partial charge in [0.25, 0.3) is 0 Å². The largest absolute Gasteiger partial charge is 0.396 e. The van der Waals surface area contributed by atoms with Gasteiger partial charge in [-0.2, -0.15) is 0 Å². The number of aliphatic hydroxyl groups excluding tert-OH is 2. The minimum Gasteiger partial charge on any atom is -0.396 e. The lowest BCUT2D eigenvalue weighted by atomic mass is 9.84. The highest BCUT2D eigenvalue weighted by Crippen LogP contribution is 2.29. The summed E-state index contributed by atoms with van der Waals surface area (Å²) in [5, 5.41) is 17.0. The van der Waals surface area contributed by atoms with Crippen molar-refractivity contribution in [2.45, 2.75) is 25.9 Å². The quantitative estimate of drug-likeness (QED) is 0.688. The van der Waals surface area contributed by atoms with Gasteiger partial charge >= 0.3 is 0 Å². The van der Waals surface area contributed by atoms with Crippen molar-refractivity contribution in [2.24, 2.45) is 5.41 Å². The van der Waals surface area contributed by atoms with E-state index in [0.29, 0.717) is 0 Å². The average molecular weight is 204 g/mol. The molecule has 2 aliphatic heterocycles. The van der Waals surface area contributed by atoms with Crippen LogP contribution < -0.4 is 0 Å². The molecule has 4 nitrogen and oxygen atoms in total. The van der Waals surface area contributed by atoms with Crippen LogP contribution in [0.4, 0.5) is 0 Å². The minimum atomic E-state index is 0.139. The molecule has 2 N–H and O–H groups in total. The van der Waals surface area contributed by atoms with Gasteiger partial charge in [-0.3, -0.25) is 0 Å². The molecule has 0 spiro atoms. The summed E-state index contributed by atoms with van der Waals surface area (Å²) in [4.78, 5) is 0. The van der Waals surface area contributed by atoms with Gasteiger partial charge < -0.3 is 19.7 Å². The second-order valence-corrected chi connectivity index (χ2v) is 3.97. The molecule has 2 rings (SSSR count). The molecule has 1 unspecified atom stereocenters. The molecule has 14 heavy (non-hydrogen) atoms. The molecule has 2 fully saturated rings. The van der Waals surface area contributed by atoms with Gasteiger partial charge in [-0.1, -0.05) is 6.92 Å². The zero-order valence-electron chi connectivity index (χ0n) is 8.74. The highest BCUT2D eigenvalue weighted by Gasteiger charge is 2.35. The van der Waals surface area contributed by atoms with E-state index >= 15 is 0 Å². The Morgan fingerprint density at radius 2 is 2.00 bits per heavy atom. The van der Waals surface area contributed by atoms with Crippen molar-refractivity contribution in [3.8, 4) is 0 Å². The summed E-state index contributed by atoms with van der Waals surface area (Å²) in [5.74, 6) is 0. The van der Waals surface area contributed by atoms with Crippen LogP contribution >= 0.6 is 0 Å². The maximum atomic E-state index is 8.76. The van der Waals surface area contributed by atoms with E-state index in [-0.39, 0.29) is 24.7 Å². The molecule has 2 saturated heterocycles. The minimum absolute atomic E-state index is 0.139. The summed E-state index contributed by atoms with van der Waals surface area (Å²) in [6.45, 7) is 4.90. The molecule has 0 radical (unpaired) electrons. The van der Waals surface area contributed by atoms with E-state index in [9.17, 15) is 0 Å². The van der Waals surface area contributed by atoms with Crippen LogP contribution in [0.5, 0.6) is 0 Å². The summed E-state index contributed by atoms with van der Waals surface area (Å²) < 4.78 is 9.79. The van der Waals surface area contributed by atoms with E-state index < -0.39 is 0 Å². The van der Waals surface area contributed by atoms with E-state index in [1.54, 1.807) is 0 Å². The number of hydrogen-bond donors (Lipinski definition) is 2. The average Bonchev–Trinajstić information content (AvgIpc) is 2.03. The molecular formula is C10H20O4. The van der Waals surface area contributed by atoms with E-state index in [4.69, 9.17) is 19.7 Å². The molecule has 0 aliphatic carbocycles. The number of rotatable bonds is 3. The maximum Gasteiger partial charge on any atom is 0.0827 e. The van der Waals surface area contributed by atoms with Crippen molar-refractivity contribution in [3.63, 3.8) is 0 Å². The van der Waals surface area contributed by atoms with Crippen LogP contribution in [0.25, 0.3) is 0 Å². The SMILES string of the molecule is CCC1(CO)COC1.OCC1CCO1. The zero-order chi connectivity index (χ0) is 10.4. The third kappa shape index (κ3) is 2.92. The smallest absolute Gasteiger partial charge is 0.0827 e. The van der Waals surface area contributed by atoms with Crippen LogP contribution in [0.2, 0.25) is 0 Å². The summed E-state index contributed by atoms with van der Waals surface area (Å²) in [5.41, 5.74) is 0.139. The second kappa shape index (κ2) is 5.66. The molecule has 0 saturated carbocycles. The molecule has 2 heterocycles. The molecule has 0 aromatic heterocycles. The van der Waals surface area contributed by atoms with Gasteiger partial charge in [-0.15, -0.1) is 0 Å². The first-order valence-electron chi connectivity index (χ1n) is 5.17. The van der Waals surface area contributed by atoms with Crippen LogP contribution in [0.3, 0.4) is 0 Å². The molecule has 2 aliphatic rings. The summed E-state index contributed by atoms with van der Waals surface area (Å²) >= 11 is 0. The van der Waals surface area contributed by atoms with E-state index in [2.05, 4.69) is 6.92 Å². The molecule has 0 aromatic rings. The van der Waals surface area contributed by atoms with Crippen molar-refractivity contribution < 1.29 is 19.7 Å². The Kier molecular flexibility index (Phi) is 4.81. The van der Waals surface area contributed by atoms with Gasteiger partial charge in [0.15, 0.2) is 0 Å². The Labute approximate surface area is 84.8 Å². The molecule has 84 valence electrons. The van der Waals surface area contributed by atoms with Gasteiger partial charge in [0, 0.05) is 12.0 Å². The summed E-state index contributed by atoms with van der Waals surface area (Å²) in [7, 11) is 0. The Morgan fingerprint density at radius 3 is 2.00 bits per heavy atom. The van der Waals surface area contributed by atoms with Crippen molar-refractivity contribution >= 4 is 0 Å². The fourth-order valence-corrected chi connectivity index (χ4v) is 1.23. The maximum absolute atomic E-state index is 8.76. The molecule has 4 heteroatoms. The molecule has 0 amide bonds. The van der Waals surface area contributed by atoms with Crippen molar-refractivity contribution in [2.75, 3.05) is 33.0 Å². The Bertz CT molecular complexity index is 136. The molecule has 1 atom stereocenters. The van der Waals surface area contributed by atoms with E-state index in [1.807, 2.05) is 0 Å². The molecule has 0 aromatic carbocycles. The monoisotopic (exact) mass is 204 g/mol. The van der Waals surface area contributed by atoms with Gasteiger partial charge in [0.05, 0.1) is 32.5 Å². The summed E-state index contributed by atoms with van der Waals surface area (Å²) in [6, 6.07) is 0. The number of ether oxygens (including phenoxy) is 2. The molecular weight excluding hydrogens is 184 g/mol. The number of aliphatic hydroxyl groups is 2. The highest BCUT2D eigenvalue weighted by atomic mass is 16.5. The van der Waals surface area contributed by atoms with Gasteiger partial charge in [0.1, 0.15) is 0 Å². The summed E-state index contributed by atoms with van der Waals surface area (Å²) in [6.07, 6.45) is 2.24. The first-order chi connectivity index (χ1) is 6.76. The third-order valence-electron chi connectivity index (χ3n) is 2.90. The van der Waals surface area contributed by atoms with Crippen LogP contribution in [0.1, 0.15) is 19.8 Å². The molecule has 0 bridgehead atoms. The van der Waals surface area contributed by atoms with Gasteiger partial charge in [0.2, 0.25) is 0 Å². The van der Waals surface area contributed by atoms with Crippen molar-refractivity contribution in [3.05, 3.63) is 0 Å². The van der Waals surface area contributed by atoms with Gasteiger partial charge in [-0.25, -0.2) is 0 Å². The third-order valence-corrected chi connectivity index (χ3v) is 2.90. The predicted molar refractivity (Wildman–Crippen MR) is 52.1 cm³/mol. The van der Waals surface area contributed by atoms with Gasteiger partial charge in [-0.05, 0) is 12.8 Å². The lowest BCUT2D eigenvalue weighted by Crippen LogP contribution is -2.44. The van der Waals surface area contributed by atoms with Crippen LogP contribution in [-0.2, 0) is 9.47 Å². The van der Waals surface area contributed by atoms with Crippen LogP contribution in [0.15, 0.2) is 0 Å². The van der Waals surface area contributed by atoms with E-state index in [0.717, 1.165) is 32.7 Å². The fraction of sp³-hybridized carbons (Fsp3) is 1.00. The Hall–Kier alpha value is -0.160. The van der Waals surface area contributed by atoms with Crippen molar-refractivity contribution in [1.82, 2.24) is 0 Å². The Balaban J connectivity index is 0.000000146. The number of hydrogen-bond acceptors (Lipinski definition) is 4. The van der Waals surface area contributed by atoms with Crippen LogP contribution in [0, 0.1) is 5.41 Å². The highest BCUT2D eigenvalue weighted by molar-refractivity contribution is 4.82.